The molecule has 1 heterocycles. The molecule has 0 aliphatic heterocycles. The molecule has 0 fully saturated rings. The van der Waals surface area contributed by atoms with Gasteiger partial charge in [-0.2, -0.15) is 0 Å². The molecule has 0 atom stereocenters. The SMILES string of the molecule is Cc1cccc(CNC(=O)Cn2c(C)csc2=O)c1. The molecule has 0 bridgehead atoms. The van der Waals surface area contributed by atoms with Crippen molar-refractivity contribution in [1.82, 2.24) is 9.88 Å². The zero-order valence-electron chi connectivity index (χ0n) is 11.0. The van der Waals surface area contributed by atoms with E-state index in [-0.39, 0.29) is 17.3 Å². The van der Waals surface area contributed by atoms with Crippen LogP contribution in [0.4, 0.5) is 0 Å². The highest BCUT2D eigenvalue weighted by molar-refractivity contribution is 7.07. The third-order valence-corrected chi connectivity index (χ3v) is 3.73. The summed E-state index contributed by atoms with van der Waals surface area (Å²) in [6.45, 7) is 4.41. The van der Waals surface area contributed by atoms with E-state index in [1.807, 2.05) is 38.1 Å². The van der Waals surface area contributed by atoms with E-state index < -0.39 is 0 Å². The second kappa shape index (κ2) is 5.84. The third-order valence-electron chi connectivity index (χ3n) is 2.85. The van der Waals surface area contributed by atoms with E-state index in [0.29, 0.717) is 6.54 Å². The Labute approximate surface area is 115 Å². The fourth-order valence-electron chi connectivity index (χ4n) is 1.82. The number of carbonyl (C=O) groups excluding carboxylic acids is 1. The van der Waals surface area contributed by atoms with Crippen molar-refractivity contribution in [3.63, 3.8) is 0 Å². The van der Waals surface area contributed by atoms with Crippen molar-refractivity contribution < 1.29 is 4.79 Å². The first kappa shape index (κ1) is 13.5. The molecule has 0 radical (unpaired) electrons. The molecule has 4 nitrogen and oxygen atoms in total. The van der Waals surface area contributed by atoms with Gasteiger partial charge in [0.1, 0.15) is 6.54 Å². The Morgan fingerprint density at radius 2 is 2.16 bits per heavy atom. The quantitative estimate of drug-likeness (QED) is 0.926. The van der Waals surface area contributed by atoms with Crippen LogP contribution in [0.15, 0.2) is 34.4 Å². The number of nitrogens with one attached hydrogen (secondary N) is 1. The fraction of sp³-hybridized carbons (Fsp3) is 0.286. The van der Waals surface area contributed by atoms with Crippen molar-refractivity contribution in [3.05, 3.63) is 56.1 Å². The van der Waals surface area contributed by atoms with Gasteiger partial charge in [0.2, 0.25) is 5.91 Å². The zero-order valence-corrected chi connectivity index (χ0v) is 11.8. The average Bonchev–Trinajstić information content (AvgIpc) is 2.68. The molecule has 0 saturated heterocycles. The summed E-state index contributed by atoms with van der Waals surface area (Å²) in [6.07, 6.45) is 0. The Kier molecular flexibility index (Phi) is 4.16. The molecule has 1 N–H and O–H groups in total. The van der Waals surface area contributed by atoms with Gasteiger partial charge in [-0.15, -0.1) is 0 Å². The van der Waals surface area contributed by atoms with Crippen molar-refractivity contribution in [2.75, 3.05) is 0 Å². The lowest BCUT2D eigenvalue weighted by Crippen LogP contribution is -2.30. The molecule has 0 aliphatic carbocycles. The third kappa shape index (κ3) is 3.54. The van der Waals surface area contributed by atoms with Gasteiger partial charge in [-0.05, 0) is 19.4 Å². The minimum absolute atomic E-state index is 0.0833. The number of nitrogens with zero attached hydrogens (tertiary/aromatic N) is 1. The van der Waals surface area contributed by atoms with E-state index in [1.165, 1.54) is 4.57 Å². The highest BCUT2D eigenvalue weighted by atomic mass is 32.1. The maximum absolute atomic E-state index is 11.8. The first-order valence-electron chi connectivity index (χ1n) is 6.03. The Balaban J connectivity index is 1.94. The molecule has 5 heteroatoms. The summed E-state index contributed by atoms with van der Waals surface area (Å²) < 4.78 is 1.48. The van der Waals surface area contributed by atoms with Gasteiger partial charge in [0.25, 0.3) is 0 Å². The smallest absolute Gasteiger partial charge is 0.307 e. The molecule has 2 rings (SSSR count). The van der Waals surface area contributed by atoms with Crippen molar-refractivity contribution in [2.45, 2.75) is 26.9 Å². The molecule has 1 aromatic heterocycles. The van der Waals surface area contributed by atoms with Crippen LogP contribution in [-0.2, 0) is 17.9 Å². The second-order valence-corrected chi connectivity index (χ2v) is 5.32. The number of rotatable bonds is 4. The zero-order chi connectivity index (χ0) is 13.8. The molecule has 19 heavy (non-hydrogen) atoms. The van der Waals surface area contributed by atoms with Gasteiger partial charge < -0.3 is 5.32 Å². The van der Waals surface area contributed by atoms with Crippen LogP contribution in [0.1, 0.15) is 16.8 Å². The molecule has 1 amide bonds. The normalized spacial score (nSPS) is 10.4. The van der Waals surface area contributed by atoms with Crippen LogP contribution in [0.3, 0.4) is 0 Å². The number of aryl methyl sites for hydroxylation is 2. The number of thiazole rings is 1. The maximum Gasteiger partial charge on any atom is 0.307 e. The molecule has 1 aromatic carbocycles. The van der Waals surface area contributed by atoms with E-state index in [9.17, 15) is 9.59 Å². The first-order valence-corrected chi connectivity index (χ1v) is 6.91. The Morgan fingerprint density at radius 3 is 2.79 bits per heavy atom. The van der Waals surface area contributed by atoms with E-state index >= 15 is 0 Å². The van der Waals surface area contributed by atoms with Gasteiger partial charge in [-0.3, -0.25) is 14.2 Å². The van der Waals surface area contributed by atoms with Gasteiger partial charge in [0.05, 0.1) is 0 Å². The molecule has 0 spiro atoms. The number of hydrogen-bond donors (Lipinski definition) is 1. The Bertz CT molecular complexity index is 643. The summed E-state index contributed by atoms with van der Waals surface area (Å²) in [5.41, 5.74) is 3.04. The van der Waals surface area contributed by atoms with Crippen molar-refractivity contribution in [1.29, 1.82) is 0 Å². The highest BCUT2D eigenvalue weighted by Crippen LogP contribution is 2.03. The molecule has 0 saturated carbocycles. The van der Waals surface area contributed by atoms with Gasteiger partial charge >= 0.3 is 4.87 Å². The predicted octanol–water partition coefficient (Wildman–Crippen LogP) is 1.84. The van der Waals surface area contributed by atoms with E-state index in [1.54, 1.807) is 5.38 Å². The van der Waals surface area contributed by atoms with Crippen molar-refractivity contribution >= 4 is 17.2 Å². The van der Waals surface area contributed by atoms with Crippen LogP contribution < -0.4 is 10.2 Å². The average molecular weight is 276 g/mol. The van der Waals surface area contributed by atoms with Crippen LogP contribution in [0.25, 0.3) is 0 Å². The van der Waals surface area contributed by atoms with E-state index in [0.717, 1.165) is 28.2 Å². The van der Waals surface area contributed by atoms with Crippen molar-refractivity contribution in [3.8, 4) is 0 Å². The topological polar surface area (TPSA) is 51.1 Å². The Hall–Kier alpha value is -1.88. The second-order valence-electron chi connectivity index (χ2n) is 4.49. The molecule has 0 aliphatic rings. The molecule has 100 valence electrons. The summed E-state index contributed by atoms with van der Waals surface area (Å²) in [5.74, 6) is -0.148. The van der Waals surface area contributed by atoms with Gasteiger partial charge in [-0.25, -0.2) is 0 Å². The summed E-state index contributed by atoms with van der Waals surface area (Å²) in [4.78, 5) is 23.2. The van der Waals surface area contributed by atoms with Crippen LogP contribution in [0.2, 0.25) is 0 Å². The van der Waals surface area contributed by atoms with Gasteiger partial charge in [-0.1, -0.05) is 41.2 Å². The fourth-order valence-corrected chi connectivity index (χ4v) is 2.55. The summed E-state index contributed by atoms with van der Waals surface area (Å²) >= 11 is 1.12. The largest absolute Gasteiger partial charge is 0.350 e. The lowest BCUT2D eigenvalue weighted by Gasteiger charge is -2.07. The number of carbonyl (C=O) groups is 1. The Morgan fingerprint density at radius 1 is 1.37 bits per heavy atom. The lowest BCUT2D eigenvalue weighted by atomic mass is 10.1. The number of aromatic nitrogens is 1. The summed E-state index contributed by atoms with van der Waals surface area (Å²) in [5, 5.41) is 4.58. The monoisotopic (exact) mass is 276 g/mol. The van der Waals surface area contributed by atoms with Crippen LogP contribution in [-0.4, -0.2) is 10.5 Å². The minimum Gasteiger partial charge on any atom is -0.350 e. The van der Waals surface area contributed by atoms with E-state index in [4.69, 9.17) is 0 Å². The van der Waals surface area contributed by atoms with Crippen LogP contribution in [0, 0.1) is 13.8 Å². The van der Waals surface area contributed by atoms with Gasteiger partial charge in [0.15, 0.2) is 0 Å². The number of benzene rings is 1. The summed E-state index contributed by atoms with van der Waals surface area (Å²) in [6, 6.07) is 7.97. The molecular weight excluding hydrogens is 260 g/mol. The van der Waals surface area contributed by atoms with Crippen LogP contribution >= 0.6 is 11.3 Å². The van der Waals surface area contributed by atoms with Crippen LogP contribution in [0.5, 0.6) is 0 Å². The number of hydrogen-bond acceptors (Lipinski definition) is 3. The first-order chi connectivity index (χ1) is 9.06. The standard InChI is InChI=1S/C14H16N2O2S/c1-10-4-3-5-12(6-10)7-15-13(17)8-16-11(2)9-19-14(16)18/h3-6,9H,7-8H2,1-2H3,(H,15,17). The molecular formula is C14H16N2O2S. The highest BCUT2D eigenvalue weighted by Gasteiger charge is 2.07. The van der Waals surface area contributed by atoms with Crippen molar-refractivity contribution in [2.24, 2.45) is 0 Å². The van der Waals surface area contributed by atoms with E-state index in [2.05, 4.69) is 5.32 Å². The van der Waals surface area contributed by atoms with Gasteiger partial charge in [0, 0.05) is 17.6 Å². The minimum atomic E-state index is -0.148. The molecule has 2 aromatic rings. The predicted molar refractivity (Wildman–Crippen MR) is 76.3 cm³/mol. The summed E-state index contributed by atoms with van der Waals surface area (Å²) in [7, 11) is 0. The molecule has 0 unspecified atom stereocenters. The lowest BCUT2D eigenvalue weighted by molar-refractivity contribution is -0.121. The number of amides is 1. The maximum atomic E-state index is 11.8.